The molecule has 0 aliphatic heterocycles. The number of likely N-dealkylation sites (N-methyl/N-ethyl adjacent to an activating group) is 1. The lowest BCUT2D eigenvalue weighted by molar-refractivity contribution is -0.137. The molecular formula is C10H9ClN2O4S. The van der Waals surface area contributed by atoms with Gasteiger partial charge >= 0.3 is 5.97 Å². The van der Waals surface area contributed by atoms with Gasteiger partial charge in [0.15, 0.2) is 0 Å². The number of sulfonamides is 1. The lowest BCUT2D eigenvalue weighted by Crippen LogP contribution is -2.32. The van der Waals surface area contributed by atoms with E-state index >= 15 is 0 Å². The van der Waals surface area contributed by atoms with Gasteiger partial charge in [-0.05, 0) is 18.2 Å². The highest BCUT2D eigenvalue weighted by atomic mass is 35.5. The molecule has 0 fully saturated rings. The van der Waals surface area contributed by atoms with E-state index in [1.54, 1.807) is 6.07 Å². The smallest absolute Gasteiger partial charge is 0.318 e. The number of hydrogen-bond acceptors (Lipinski definition) is 4. The zero-order chi connectivity index (χ0) is 13.9. The van der Waals surface area contributed by atoms with Crippen molar-refractivity contribution >= 4 is 27.6 Å². The summed E-state index contributed by atoms with van der Waals surface area (Å²) in [6.45, 7) is -0.695. The van der Waals surface area contributed by atoms with Crippen LogP contribution in [0.5, 0.6) is 0 Å². The van der Waals surface area contributed by atoms with Crippen molar-refractivity contribution in [3.8, 4) is 6.07 Å². The molecule has 0 saturated heterocycles. The van der Waals surface area contributed by atoms with Crippen LogP contribution in [0.2, 0.25) is 5.02 Å². The van der Waals surface area contributed by atoms with Crippen LogP contribution in [0, 0.1) is 11.3 Å². The molecule has 0 unspecified atom stereocenters. The molecule has 0 bridgehead atoms. The van der Waals surface area contributed by atoms with E-state index in [1.807, 2.05) is 0 Å². The highest BCUT2D eigenvalue weighted by Gasteiger charge is 2.25. The number of rotatable bonds is 4. The summed E-state index contributed by atoms with van der Waals surface area (Å²) in [7, 11) is -2.94. The van der Waals surface area contributed by atoms with Gasteiger partial charge in [-0.3, -0.25) is 4.79 Å². The normalized spacial score (nSPS) is 11.2. The third-order valence-corrected chi connectivity index (χ3v) is 4.19. The minimum absolute atomic E-state index is 0.0864. The average molecular weight is 289 g/mol. The van der Waals surface area contributed by atoms with E-state index in [2.05, 4.69) is 0 Å². The fraction of sp³-hybridized carbons (Fsp3) is 0.200. The molecule has 8 heteroatoms. The third kappa shape index (κ3) is 2.98. The number of hydrogen-bond donors (Lipinski definition) is 1. The standard InChI is InChI=1S/C10H9ClN2O4S/c1-13(6-10(14)15)18(16,17)9-4-8(11)3-2-7(9)5-12/h2-4H,6H2,1H3,(H,14,15). The van der Waals surface area contributed by atoms with E-state index in [4.69, 9.17) is 22.0 Å². The summed E-state index contributed by atoms with van der Waals surface area (Å²) < 4.78 is 24.7. The highest BCUT2D eigenvalue weighted by Crippen LogP contribution is 2.22. The quantitative estimate of drug-likeness (QED) is 0.888. The molecule has 0 spiro atoms. The molecule has 0 amide bonds. The van der Waals surface area contributed by atoms with Crippen LogP contribution < -0.4 is 0 Å². The van der Waals surface area contributed by atoms with Gasteiger partial charge < -0.3 is 5.11 Å². The molecule has 0 aromatic heterocycles. The predicted octanol–water partition coefficient (Wildman–Crippen LogP) is 0.917. The first-order valence-electron chi connectivity index (χ1n) is 4.67. The summed E-state index contributed by atoms with van der Waals surface area (Å²) in [6, 6.07) is 5.50. The van der Waals surface area contributed by atoms with Crippen LogP contribution >= 0.6 is 11.6 Å². The van der Waals surface area contributed by atoms with Crippen molar-refractivity contribution in [3.05, 3.63) is 28.8 Å². The van der Waals surface area contributed by atoms with E-state index in [0.717, 1.165) is 13.1 Å². The van der Waals surface area contributed by atoms with Crippen molar-refractivity contribution in [3.63, 3.8) is 0 Å². The second-order valence-corrected chi connectivity index (χ2v) is 5.86. The lowest BCUT2D eigenvalue weighted by atomic mass is 10.2. The molecule has 0 radical (unpaired) electrons. The fourth-order valence-electron chi connectivity index (χ4n) is 1.25. The van der Waals surface area contributed by atoms with Crippen LogP contribution in [0.4, 0.5) is 0 Å². The molecule has 1 aromatic rings. The van der Waals surface area contributed by atoms with E-state index in [-0.39, 0.29) is 15.5 Å². The lowest BCUT2D eigenvalue weighted by Gasteiger charge is -2.15. The van der Waals surface area contributed by atoms with Crippen molar-refractivity contribution in [1.82, 2.24) is 4.31 Å². The summed E-state index contributed by atoms with van der Waals surface area (Å²) >= 11 is 5.68. The Kier molecular flexibility index (Phi) is 4.29. The van der Waals surface area contributed by atoms with Gasteiger partial charge in [-0.25, -0.2) is 8.42 Å². The number of carboxylic acid groups (broad SMARTS) is 1. The molecule has 0 heterocycles. The molecule has 96 valence electrons. The van der Waals surface area contributed by atoms with Gasteiger partial charge in [0.1, 0.15) is 17.5 Å². The van der Waals surface area contributed by atoms with Gasteiger partial charge in [-0.15, -0.1) is 0 Å². The number of aliphatic carboxylic acids is 1. The van der Waals surface area contributed by atoms with Crippen LogP contribution in [0.15, 0.2) is 23.1 Å². The van der Waals surface area contributed by atoms with Crippen molar-refractivity contribution in [2.24, 2.45) is 0 Å². The number of nitriles is 1. The molecule has 0 aliphatic carbocycles. The maximum Gasteiger partial charge on any atom is 0.318 e. The maximum atomic E-state index is 12.1. The molecule has 1 rings (SSSR count). The summed E-state index contributed by atoms with van der Waals surface area (Å²) in [5.74, 6) is -1.29. The Labute approximate surface area is 109 Å². The first kappa shape index (κ1) is 14.4. The maximum absolute atomic E-state index is 12.1. The SMILES string of the molecule is CN(CC(=O)O)S(=O)(=O)c1cc(Cl)ccc1C#N. The van der Waals surface area contributed by atoms with E-state index in [0.29, 0.717) is 4.31 Å². The van der Waals surface area contributed by atoms with Crippen LogP contribution in [-0.2, 0) is 14.8 Å². The second-order valence-electron chi connectivity index (χ2n) is 3.41. The van der Waals surface area contributed by atoms with Crippen molar-refractivity contribution < 1.29 is 18.3 Å². The van der Waals surface area contributed by atoms with Gasteiger partial charge in [0.25, 0.3) is 0 Å². The van der Waals surface area contributed by atoms with Gasteiger partial charge in [-0.1, -0.05) is 11.6 Å². The number of halogens is 1. The van der Waals surface area contributed by atoms with Crippen LogP contribution in [0.25, 0.3) is 0 Å². The molecule has 0 saturated carbocycles. The first-order valence-corrected chi connectivity index (χ1v) is 6.48. The molecular weight excluding hydrogens is 280 g/mol. The zero-order valence-corrected chi connectivity index (χ0v) is 10.9. The number of nitrogens with zero attached hydrogens (tertiary/aromatic N) is 2. The largest absolute Gasteiger partial charge is 0.480 e. The van der Waals surface area contributed by atoms with E-state index < -0.39 is 22.5 Å². The Morgan fingerprint density at radius 1 is 1.56 bits per heavy atom. The molecule has 0 atom stereocenters. The number of benzene rings is 1. The molecule has 6 nitrogen and oxygen atoms in total. The van der Waals surface area contributed by atoms with Gasteiger partial charge in [0.2, 0.25) is 10.0 Å². The van der Waals surface area contributed by atoms with Crippen molar-refractivity contribution in [2.45, 2.75) is 4.90 Å². The van der Waals surface area contributed by atoms with Crippen LogP contribution in [-0.4, -0.2) is 37.4 Å². The first-order chi connectivity index (χ1) is 8.28. The molecule has 1 aromatic carbocycles. The third-order valence-electron chi connectivity index (χ3n) is 2.11. The Morgan fingerprint density at radius 3 is 2.67 bits per heavy atom. The molecule has 18 heavy (non-hydrogen) atoms. The van der Waals surface area contributed by atoms with Gasteiger partial charge in [0, 0.05) is 12.1 Å². The average Bonchev–Trinajstić information content (AvgIpc) is 2.28. The van der Waals surface area contributed by atoms with E-state index in [9.17, 15) is 13.2 Å². The highest BCUT2D eigenvalue weighted by molar-refractivity contribution is 7.89. The van der Waals surface area contributed by atoms with Crippen LogP contribution in [0.1, 0.15) is 5.56 Å². The Morgan fingerprint density at radius 2 is 2.17 bits per heavy atom. The predicted molar refractivity (Wildman–Crippen MR) is 63.6 cm³/mol. The summed E-state index contributed by atoms with van der Waals surface area (Å²) in [5, 5.41) is 17.6. The van der Waals surface area contributed by atoms with Gasteiger partial charge in [-0.2, -0.15) is 9.57 Å². The zero-order valence-electron chi connectivity index (χ0n) is 9.29. The second kappa shape index (κ2) is 5.35. The van der Waals surface area contributed by atoms with Crippen molar-refractivity contribution in [2.75, 3.05) is 13.6 Å². The fourth-order valence-corrected chi connectivity index (χ4v) is 2.77. The summed E-state index contributed by atoms with van der Waals surface area (Å²) in [5.41, 5.74) is -0.0864. The molecule has 0 aliphatic rings. The molecule has 1 N–H and O–H groups in total. The van der Waals surface area contributed by atoms with Crippen LogP contribution in [0.3, 0.4) is 0 Å². The number of carboxylic acids is 1. The summed E-state index contributed by atoms with van der Waals surface area (Å²) in [4.78, 5) is 10.2. The summed E-state index contributed by atoms with van der Waals surface area (Å²) in [6.07, 6.45) is 0. The monoisotopic (exact) mass is 288 g/mol. The van der Waals surface area contributed by atoms with Gasteiger partial charge in [0.05, 0.1) is 5.56 Å². The minimum atomic E-state index is -4.05. The Balaban J connectivity index is 3.33. The Hall–Kier alpha value is -1.62. The Bertz CT molecular complexity index is 621. The topological polar surface area (TPSA) is 98.5 Å². The number of carbonyl (C=O) groups is 1. The van der Waals surface area contributed by atoms with Crippen molar-refractivity contribution in [1.29, 1.82) is 5.26 Å². The van der Waals surface area contributed by atoms with E-state index in [1.165, 1.54) is 12.1 Å². The minimum Gasteiger partial charge on any atom is -0.480 e.